The smallest absolute Gasteiger partial charge is 0.251 e. The third-order valence-electron chi connectivity index (χ3n) is 4.33. The van der Waals surface area contributed by atoms with Gasteiger partial charge in [-0.3, -0.25) is 4.79 Å². The maximum Gasteiger partial charge on any atom is 0.251 e. The molecule has 5 nitrogen and oxygen atoms in total. The van der Waals surface area contributed by atoms with Gasteiger partial charge in [0.05, 0.1) is 18.7 Å². The van der Waals surface area contributed by atoms with Crippen LogP contribution < -0.4 is 20.7 Å². The number of hydrogen-bond acceptors (Lipinski definition) is 3. The van der Waals surface area contributed by atoms with E-state index in [0.717, 1.165) is 22.6 Å². The second-order valence-corrected chi connectivity index (χ2v) is 7.00. The van der Waals surface area contributed by atoms with E-state index in [9.17, 15) is 4.79 Å². The molecule has 3 rings (SSSR count). The van der Waals surface area contributed by atoms with Gasteiger partial charge in [0.25, 0.3) is 5.91 Å². The molecule has 0 bridgehead atoms. The van der Waals surface area contributed by atoms with Crippen molar-refractivity contribution in [1.29, 1.82) is 0 Å². The van der Waals surface area contributed by atoms with Crippen molar-refractivity contribution in [2.45, 2.75) is 19.5 Å². The van der Waals surface area contributed by atoms with E-state index in [-0.39, 0.29) is 11.9 Å². The Hall–Kier alpha value is -2.57. The molecule has 1 heterocycles. The van der Waals surface area contributed by atoms with E-state index < -0.39 is 0 Å². The highest BCUT2D eigenvalue weighted by Gasteiger charge is 2.29. The van der Waals surface area contributed by atoms with Crippen molar-refractivity contribution in [2.75, 3.05) is 7.11 Å². The lowest BCUT2D eigenvalue weighted by Gasteiger charge is -2.30. The molecule has 1 amide bonds. The third-order valence-corrected chi connectivity index (χ3v) is 4.80. The van der Waals surface area contributed by atoms with E-state index in [1.807, 2.05) is 43.3 Å². The number of ether oxygens (including phenoxy) is 1. The molecule has 3 N–H and O–H groups in total. The number of amides is 1. The van der Waals surface area contributed by atoms with Gasteiger partial charge in [0, 0.05) is 17.3 Å². The highest BCUT2D eigenvalue weighted by atomic mass is 35.5. The van der Waals surface area contributed by atoms with Crippen molar-refractivity contribution >= 4 is 34.8 Å². The lowest BCUT2D eigenvalue weighted by Crippen LogP contribution is -2.46. The van der Waals surface area contributed by atoms with E-state index in [4.69, 9.17) is 28.6 Å². The standard InChI is InChI=1S/C20H20ClN3O2S/c1-12-17(19(25)22-11-13-3-9-16(26-2)10-4-13)18(24-20(27)23-12)14-5-7-15(21)8-6-14/h3-10,18H,11H2,1-2H3,(H,22,25)(H2,23,24,27). The largest absolute Gasteiger partial charge is 0.497 e. The van der Waals surface area contributed by atoms with Gasteiger partial charge < -0.3 is 20.7 Å². The van der Waals surface area contributed by atoms with Crippen LogP contribution in [-0.4, -0.2) is 18.1 Å². The maximum absolute atomic E-state index is 12.9. The normalized spacial score (nSPS) is 16.4. The molecule has 0 saturated heterocycles. The maximum atomic E-state index is 12.9. The van der Waals surface area contributed by atoms with Gasteiger partial charge in [-0.05, 0) is 54.5 Å². The zero-order valence-corrected chi connectivity index (χ0v) is 16.6. The summed E-state index contributed by atoms with van der Waals surface area (Å²) in [5, 5.41) is 10.3. The molecule has 1 unspecified atom stereocenters. The van der Waals surface area contributed by atoms with Gasteiger partial charge in [-0.15, -0.1) is 0 Å². The van der Waals surface area contributed by atoms with Crippen molar-refractivity contribution in [3.63, 3.8) is 0 Å². The van der Waals surface area contributed by atoms with E-state index in [0.29, 0.717) is 22.3 Å². The molecule has 0 aliphatic carbocycles. The molecule has 7 heteroatoms. The molecule has 1 aliphatic rings. The van der Waals surface area contributed by atoms with Crippen LogP contribution >= 0.6 is 23.8 Å². The van der Waals surface area contributed by atoms with Gasteiger partial charge in [-0.1, -0.05) is 35.9 Å². The molecule has 27 heavy (non-hydrogen) atoms. The molecule has 1 aliphatic heterocycles. The van der Waals surface area contributed by atoms with Crippen LogP contribution in [0.25, 0.3) is 0 Å². The van der Waals surface area contributed by atoms with Crippen LogP contribution in [-0.2, 0) is 11.3 Å². The Kier molecular flexibility index (Phi) is 5.98. The lowest BCUT2D eigenvalue weighted by atomic mass is 9.95. The van der Waals surface area contributed by atoms with Crippen LogP contribution in [0.2, 0.25) is 5.02 Å². The molecule has 2 aromatic rings. The quantitative estimate of drug-likeness (QED) is 0.670. The SMILES string of the molecule is COc1ccc(CNC(=O)C2=C(C)NC(=S)NC2c2ccc(Cl)cc2)cc1. The third kappa shape index (κ3) is 4.59. The number of hydrogen-bond donors (Lipinski definition) is 3. The van der Waals surface area contributed by atoms with Crippen molar-refractivity contribution < 1.29 is 9.53 Å². The molecule has 0 saturated carbocycles. The van der Waals surface area contributed by atoms with Crippen LogP contribution in [0.1, 0.15) is 24.1 Å². The summed E-state index contributed by atoms with van der Waals surface area (Å²) in [6.07, 6.45) is 0. The number of nitrogens with one attached hydrogen (secondary N) is 3. The number of methoxy groups -OCH3 is 1. The summed E-state index contributed by atoms with van der Waals surface area (Å²) in [6.45, 7) is 2.26. The molecule has 0 aromatic heterocycles. The number of rotatable bonds is 5. The second-order valence-electron chi connectivity index (χ2n) is 6.15. The zero-order valence-electron chi connectivity index (χ0n) is 15.0. The predicted molar refractivity (Wildman–Crippen MR) is 111 cm³/mol. The first-order valence-corrected chi connectivity index (χ1v) is 9.21. The Morgan fingerprint density at radius 2 is 1.85 bits per heavy atom. The van der Waals surface area contributed by atoms with Crippen LogP contribution in [0.15, 0.2) is 59.8 Å². The molecule has 1 atom stereocenters. The minimum absolute atomic E-state index is 0.161. The first-order chi connectivity index (χ1) is 13.0. The minimum atomic E-state index is -0.341. The average molecular weight is 402 g/mol. The molecule has 140 valence electrons. The Bertz CT molecular complexity index is 879. The number of allylic oxidation sites excluding steroid dienone is 1. The van der Waals surface area contributed by atoms with Gasteiger partial charge in [-0.2, -0.15) is 0 Å². The number of carbonyl (C=O) groups excluding carboxylic acids is 1. The summed E-state index contributed by atoms with van der Waals surface area (Å²) in [5.41, 5.74) is 3.22. The van der Waals surface area contributed by atoms with Gasteiger partial charge in [0.1, 0.15) is 5.75 Å². The first-order valence-electron chi connectivity index (χ1n) is 8.43. The lowest BCUT2D eigenvalue weighted by molar-refractivity contribution is -0.118. The average Bonchev–Trinajstić information content (AvgIpc) is 2.66. The van der Waals surface area contributed by atoms with Gasteiger partial charge in [-0.25, -0.2) is 0 Å². The topological polar surface area (TPSA) is 62.4 Å². The van der Waals surface area contributed by atoms with Crippen LogP contribution in [0, 0.1) is 0 Å². The number of benzene rings is 2. The minimum Gasteiger partial charge on any atom is -0.497 e. The van der Waals surface area contributed by atoms with E-state index in [2.05, 4.69) is 16.0 Å². The Balaban J connectivity index is 1.79. The number of thiocarbonyl (C=S) groups is 1. The van der Waals surface area contributed by atoms with Crippen molar-refractivity contribution in [2.24, 2.45) is 0 Å². The predicted octanol–water partition coefficient (Wildman–Crippen LogP) is 3.46. The summed E-state index contributed by atoms with van der Waals surface area (Å²) in [5.74, 6) is 0.617. The fraction of sp³-hybridized carbons (Fsp3) is 0.200. The molecule has 0 fully saturated rings. The Labute approximate surface area is 168 Å². The van der Waals surface area contributed by atoms with E-state index >= 15 is 0 Å². The molecule has 2 aromatic carbocycles. The van der Waals surface area contributed by atoms with Crippen molar-refractivity contribution in [3.8, 4) is 5.75 Å². The Morgan fingerprint density at radius 3 is 2.48 bits per heavy atom. The van der Waals surface area contributed by atoms with Gasteiger partial charge >= 0.3 is 0 Å². The van der Waals surface area contributed by atoms with Crippen LogP contribution in [0.5, 0.6) is 5.75 Å². The van der Waals surface area contributed by atoms with Crippen molar-refractivity contribution in [3.05, 3.63) is 76.0 Å². The van der Waals surface area contributed by atoms with E-state index in [1.165, 1.54) is 0 Å². The summed E-state index contributed by atoms with van der Waals surface area (Å²) in [4.78, 5) is 12.9. The summed E-state index contributed by atoms with van der Waals surface area (Å²) < 4.78 is 5.15. The highest BCUT2D eigenvalue weighted by molar-refractivity contribution is 7.80. The second kappa shape index (κ2) is 8.41. The van der Waals surface area contributed by atoms with Crippen molar-refractivity contribution in [1.82, 2.24) is 16.0 Å². The van der Waals surface area contributed by atoms with E-state index in [1.54, 1.807) is 19.2 Å². The fourth-order valence-electron chi connectivity index (χ4n) is 2.92. The first kappa shape index (κ1) is 19.2. The van der Waals surface area contributed by atoms with Crippen LogP contribution in [0.3, 0.4) is 0 Å². The molecule has 0 spiro atoms. The fourth-order valence-corrected chi connectivity index (χ4v) is 3.32. The molecular weight excluding hydrogens is 382 g/mol. The highest BCUT2D eigenvalue weighted by Crippen LogP contribution is 2.27. The van der Waals surface area contributed by atoms with Crippen LogP contribution in [0.4, 0.5) is 0 Å². The molecule has 0 radical (unpaired) electrons. The van der Waals surface area contributed by atoms with Gasteiger partial charge in [0.15, 0.2) is 5.11 Å². The zero-order chi connectivity index (χ0) is 19.4. The molecular formula is C20H20ClN3O2S. The number of carbonyl (C=O) groups is 1. The Morgan fingerprint density at radius 1 is 1.19 bits per heavy atom. The number of halogens is 1. The summed E-state index contributed by atoms with van der Waals surface area (Å²) in [6, 6.07) is 14.6. The van der Waals surface area contributed by atoms with Gasteiger partial charge in [0.2, 0.25) is 0 Å². The summed E-state index contributed by atoms with van der Waals surface area (Å²) >= 11 is 11.3. The summed E-state index contributed by atoms with van der Waals surface area (Å²) in [7, 11) is 1.62. The monoisotopic (exact) mass is 401 g/mol.